The summed E-state index contributed by atoms with van der Waals surface area (Å²) >= 11 is 0. The molecule has 1 unspecified atom stereocenters. The second kappa shape index (κ2) is 3.18. The third-order valence-electron chi connectivity index (χ3n) is 1.35. The molecule has 0 aromatic rings. The van der Waals surface area contributed by atoms with Gasteiger partial charge in [-0.05, 0) is 5.57 Å². The molecular formula is C9H10O. The van der Waals surface area contributed by atoms with Crippen molar-refractivity contribution in [2.75, 3.05) is 0 Å². The Bertz CT molecular complexity index is 209. The molecule has 1 aliphatic carbocycles. The van der Waals surface area contributed by atoms with Crippen LogP contribution in [0.25, 0.3) is 0 Å². The molecule has 1 rings (SSSR count). The zero-order chi connectivity index (χ0) is 7.40. The van der Waals surface area contributed by atoms with Gasteiger partial charge in [-0.2, -0.15) is 0 Å². The van der Waals surface area contributed by atoms with Crippen LogP contribution in [0.4, 0.5) is 0 Å². The lowest BCUT2D eigenvalue weighted by Crippen LogP contribution is -2.06. The highest BCUT2D eigenvalue weighted by Gasteiger charge is 2.03. The molecule has 0 saturated carbocycles. The number of hydrogen-bond acceptors (Lipinski definition) is 1. The van der Waals surface area contributed by atoms with Crippen LogP contribution in [-0.4, -0.2) is 11.2 Å². The summed E-state index contributed by atoms with van der Waals surface area (Å²) in [4.78, 5) is 0. The molecule has 0 aliphatic heterocycles. The molecular weight excluding hydrogens is 124 g/mol. The molecule has 1 N–H and O–H groups in total. The van der Waals surface area contributed by atoms with E-state index < -0.39 is 6.10 Å². The van der Waals surface area contributed by atoms with Gasteiger partial charge in [0, 0.05) is 0 Å². The summed E-state index contributed by atoms with van der Waals surface area (Å²) in [5.74, 6) is 0. The molecule has 1 heteroatoms. The quantitative estimate of drug-likeness (QED) is 0.577. The minimum Gasteiger partial charge on any atom is -0.384 e. The smallest absolute Gasteiger partial charge is 0.0974 e. The molecule has 0 bridgehead atoms. The molecule has 0 fully saturated rings. The number of rotatable bonds is 1. The van der Waals surface area contributed by atoms with Crippen molar-refractivity contribution in [1.29, 1.82) is 0 Å². The van der Waals surface area contributed by atoms with E-state index in [0.717, 1.165) is 5.57 Å². The summed E-state index contributed by atoms with van der Waals surface area (Å²) in [5, 5.41) is 9.25. The van der Waals surface area contributed by atoms with Gasteiger partial charge in [-0.3, -0.25) is 0 Å². The fourth-order valence-electron chi connectivity index (χ4n) is 0.836. The number of aliphatic hydroxyl groups excluding tert-OH is 1. The summed E-state index contributed by atoms with van der Waals surface area (Å²) < 4.78 is 0. The molecule has 0 aromatic carbocycles. The minimum atomic E-state index is -0.456. The van der Waals surface area contributed by atoms with Crippen molar-refractivity contribution < 1.29 is 5.11 Å². The van der Waals surface area contributed by atoms with Crippen LogP contribution in [0.2, 0.25) is 0 Å². The first-order chi connectivity index (χ1) is 4.84. The second-order valence-corrected chi connectivity index (χ2v) is 2.09. The molecule has 10 heavy (non-hydrogen) atoms. The lowest BCUT2D eigenvalue weighted by molar-refractivity contribution is 0.262. The molecule has 1 nitrogen and oxygen atoms in total. The molecule has 0 saturated heterocycles. The Morgan fingerprint density at radius 2 is 2.30 bits per heavy atom. The summed E-state index contributed by atoms with van der Waals surface area (Å²) in [6.07, 6.45) is 10.3. The van der Waals surface area contributed by atoms with E-state index in [0.29, 0.717) is 0 Å². The molecule has 1 aliphatic rings. The lowest BCUT2D eigenvalue weighted by atomic mass is 10.0. The maximum Gasteiger partial charge on any atom is 0.0974 e. The third-order valence-corrected chi connectivity index (χ3v) is 1.35. The van der Waals surface area contributed by atoms with Crippen molar-refractivity contribution in [3.8, 4) is 0 Å². The summed E-state index contributed by atoms with van der Waals surface area (Å²) in [7, 11) is 0. The van der Waals surface area contributed by atoms with Gasteiger partial charge in [0.05, 0.1) is 6.10 Å². The molecule has 0 radical (unpaired) electrons. The predicted molar refractivity (Wildman–Crippen MR) is 42.6 cm³/mol. The zero-order valence-electron chi connectivity index (χ0n) is 5.70. The van der Waals surface area contributed by atoms with Gasteiger partial charge in [-0.1, -0.05) is 43.0 Å². The topological polar surface area (TPSA) is 20.2 Å². The van der Waals surface area contributed by atoms with Crippen molar-refractivity contribution in [1.82, 2.24) is 0 Å². The van der Waals surface area contributed by atoms with Crippen LogP contribution < -0.4 is 0 Å². The largest absolute Gasteiger partial charge is 0.384 e. The first kappa shape index (κ1) is 7.03. The van der Waals surface area contributed by atoms with E-state index in [1.165, 1.54) is 0 Å². The van der Waals surface area contributed by atoms with E-state index in [1.54, 1.807) is 18.2 Å². The highest BCUT2D eigenvalue weighted by Crippen LogP contribution is 2.10. The highest BCUT2D eigenvalue weighted by atomic mass is 16.3. The van der Waals surface area contributed by atoms with E-state index in [2.05, 4.69) is 6.58 Å². The third kappa shape index (κ3) is 1.45. The maximum atomic E-state index is 9.25. The van der Waals surface area contributed by atoms with Crippen molar-refractivity contribution in [2.24, 2.45) is 0 Å². The van der Waals surface area contributed by atoms with Crippen LogP contribution in [0.5, 0.6) is 0 Å². The number of hydrogen-bond donors (Lipinski definition) is 1. The van der Waals surface area contributed by atoms with Crippen LogP contribution in [0, 0.1) is 0 Å². The normalized spacial score (nSPS) is 27.3. The van der Waals surface area contributed by atoms with Gasteiger partial charge in [0.2, 0.25) is 0 Å². The maximum absolute atomic E-state index is 9.25. The van der Waals surface area contributed by atoms with Crippen molar-refractivity contribution in [3.63, 3.8) is 0 Å². The Balaban J connectivity index is 2.79. The van der Waals surface area contributed by atoms with E-state index in [9.17, 15) is 5.11 Å². The fourth-order valence-corrected chi connectivity index (χ4v) is 0.836. The zero-order valence-corrected chi connectivity index (χ0v) is 5.70. The van der Waals surface area contributed by atoms with Crippen LogP contribution in [0.1, 0.15) is 0 Å². The van der Waals surface area contributed by atoms with Crippen molar-refractivity contribution in [2.45, 2.75) is 6.10 Å². The Hall–Kier alpha value is -1.08. The van der Waals surface area contributed by atoms with Crippen LogP contribution in [0.15, 0.2) is 48.6 Å². The van der Waals surface area contributed by atoms with E-state index >= 15 is 0 Å². The molecule has 0 amide bonds. The first-order valence-corrected chi connectivity index (χ1v) is 3.20. The van der Waals surface area contributed by atoms with E-state index in [-0.39, 0.29) is 0 Å². The van der Waals surface area contributed by atoms with Gasteiger partial charge < -0.3 is 5.11 Å². The fraction of sp³-hybridized carbons (Fsp3) is 0.111. The van der Waals surface area contributed by atoms with Gasteiger partial charge in [-0.15, -0.1) is 0 Å². The summed E-state index contributed by atoms with van der Waals surface area (Å²) in [6.45, 7) is 3.54. The van der Waals surface area contributed by atoms with Crippen molar-refractivity contribution in [3.05, 3.63) is 48.6 Å². The summed E-state index contributed by atoms with van der Waals surface area (Å²) in [5.41, 5.74) is 0.887. The van der Waals surface area contributed by atoms with E-state index in [4.69, 9.17) is 0 Å². The Morgan fingerprint density at radius 3 is 2.90 bits per heavy atom. The van der Waals surface area contributed by atoms with Crippen LogP contribution >= 0.6 is 0 Å². The average molecular weight is 134 g/mol. The van der Waals surface area contributed by atoms with Gasteiger partial charge in [0.25, 0.3) is 0 Å². The molecule has 0 aromatic heterocycles. The van der Waals surface area contributed by atoms with Gasteiger partial charge >= 0.3 is 0 Å². The highest BCUT2D eigenvalue weighted by molar-refractivity contribution is 5.36. The number of aliphatic hydroxyl groups is 1. The first-order valence-electron chi connectivity index (χ1n) is 3.20. The van der Waals surface area contributed by atoms with Gasteiger partial charge in [0.15, 0.2) is 0 Å². The molecule has 1 atom stereocenters. The number of allylic oxidation sites excluding steroid dienone is 4. The average Bonchev–Trinajstić information content (AvgIpc) is 1.94. The lowest BCUT2D eigenvalue weighted by Gasteiger charge is -2.08. The van der Waals surface area contributed by atoms with Crippen LogP contribution in [-0.2, 0) is 0 Å². The minimum absolute atomic E-state index is 0.456. The Kier molecular flexibility index (Phi) is 2.24. The van der Waals surface area contributed by atoms with E-state index in [1.807, 2.05) is 18.2 Å². The van der Waals surface area contributed by atoms with Gasteiger partial charge in [0.1, 0.15) is 0 Å². The predicted octanol–water partition coefficient (Wildman–Crippen LogP) is 1.59. The monoisotopic (exact) mass is 134 g/mol. The van der Waals surface area contributed by atoms with Crippen molar-refractivity contribution >= 4 is 0 Å². The Labute approximate surface area is 60.7 Å². The standard InChI is InChI=1S/C9H10O/c1-2-5-8-6-3-4-7-9(8)10/h2-7,9-10H,1H2. The molecule has 0 heterocycles. The second-order valence-electron chi connectivity index (χ2n) is 2.09. The molecule has 0 spiro atoms. The van der Waals surface area contributed by atoms with Crippen LogP contribution in [0.3, 0.4) is 0 Å². The SMILES string of the molecule is C=CC=C1C=CC=CC1O. The summed E-state index contributed by atoms with van der Waals surface area (Å²) in [6, 6.07) is 0. The van der Waals surface area contributed by atoms with Gasteiger partial charge in [-0.25, -0.2) is 0 Å². The molecule has 52 valence electrons. The Morgan fingerprint density at radius 1 is 1.50 bits per heavy atom.